The van der Waals surface area contributed by atoms with Crippen LogP contribution in [0.1, 0.15) is 13.3 Å². The Morgan fingerprint density at radius 1 is 1.30 bits per heavy atom. The first-order valence-corrected chi connectivity index (χ1v) is 8.03. The fraction of sp³-hybridized carbons (Fsp3) is 0.529. The van der Waals surface area contributed by atoms with E-state index in [9.17, 15) is 9.59 Å². The highest BCUT2D eigenvalue weighted by molar-refractivity contribution is 5.86. The normalized spacial score (nSPS) is 18.4. The van der Waals surface area contributed by atoms with E-state index in [0.29, 0.717) is 12.5 Å². The van der Waals surface area contributed by atoms with E-state index in [1.807, 2.05) is 18.2 Å². The van der Waals surface area contributed by atoms with Crippen LogP contribution in [0.25, 0.3) is 0 Å². The molecule has 6 heteroatoms. The number of carbonyl (C=O) groups is 2. The van der Waals surface area contributed by atoms with Crippen molar-refractivity contribution in [2.45, 2.75) is 19.4 Å². The maximum atomic E-state index is 11.9. The second-order valence-electron chi connectivity index (χ2n) is 6.24. The van der Waals surface area contributed by atoms with E-state index >= 15 is 0 Å². The molecular formula is C17H26N4O2. The molecule has 0 radical (unpaired) electrons. The number of urea groups is 1. The van der Waals surface area contributed by atoms with Crippen LogP contribution < -0.4 is 15.5 Å². The molecule has 1 aliphatic heterocycles. The minimum absolute atomic E-state index is 0.115. The van der Waals surface area contributed by atoms with Gasteiger partial charge in [0.2, 0.25) is 5.91 Å². The number of rotatable bonds is 5. The molecule has 1 fully saturated rings. The number of anilines is 1. The van der Waals surface area contributed by atoms with Crippen LogP contribution in [0.3, 0.4) is 0 Å². The van der Waals surface area contributed by atoms with Crippen molar-refractivity contribution in [2.24, 2.45) is 5.92 Å². The van der Waals surface area contributed by atoms with Crippen LogP contribution in [0.4, 0.5) is 10.5 Å². The third-order valence-corrected chi connectivity index (χ3v) is 4.12. The second kappa shape index (κ2) is 7.85. The molecule has 2 N–H and O–H groups in total. The predicted octanol–water partition coefficient (Wildman–Crippen LogP) is 1.29. The zero-order chi connectivity index (χ0) is 16.8. The van der Waals surface area contributed by atoms with Crippen LogP contribution in [0, 0.1) is 5.92 Å². The molecule has 0 aromatic heterocycles. The van der Waals surface area contributed by atoms with Gasteiger partial charge in [-0.1, -0.05) is 18.2 Å². The van der Waals surface area contributed by atoms with Crippen molar-refractivity contribution in [3.63, 3.8) is 0 Å². The van der Waals surface area contributed by atoms with Gasteiger partial charge in [0.05, 0.1) is 0 Å². The first-order valence-electron chi connectivity index (χ1n) is 8.03. The summed E-state index contributed by atoms with van der Waals surface area (Å²) < 4.78 is 0. The summed E-state index contributed by atoms with van der Waals surface area (Å²) in [5.74, 6) is 0.317. The average Bonchev–Trinajstić information content (AvgIpc) is 3.02. The number of amides is 3. The molecule has 1 aromatic carbocycles. The van der Waals surface area contributed by atoms with Gasteiger partial charge in [-0.2, -0.15) is 0 Å². The van der Waals surface area contributed by atoms with Gasteiger partial charge in [0, 0.05) is 39.4 Å². The number of para-hydroxylation sites is 1. The highest BCUT2D eigenvalue weighted by Crippen LogP contribution is 2.22. The van der Waals surface area contributed by atoms with Crippen LogP contribution in [-0.4, -0.2) is 56.6 Å². The van der Waals surface area contributed by atoms with Gasteiger partial charge in [0.25, 0.3) is 0 Å². The minimum atomic E-state index is -0.519. The van der Waals surface area contributed by atoms with Crippen LogP contribution in [0.15, 0.2) is 30.3 Å². The van der Waals surface area contributed by atoms with Gasteiger partial charge < -0.3 is 20.4 Å². The summed E-state index contributed by atoms with van der Waals surface area (Å²) in [6.45, 7) is 4.26. The van der Waals surface area contributed by atoms with Gasteiger partial charge in [-0.15, -0.1) is 0 Å². The molecule has 3 amide bonds. The summed E-state index contributed by atoms with van der Waals surface area (Å²) in [6, 6.07) is 9.50. The molecular weight excluding hydrogens is 292 g/mol. The molecule has 23 heavy (non-hydrogen) atoms. The van der Waals surface area contributed by atoms with E-state index < -0.39 is 6.04 Å². The van der Waals surface area contributed by atoms with Crippen molar-refractivity contribution in [1.29, 1.82) is 0 Å². The molecule has 0 bridgehead atoms. The van der Waals surface area contributed by atoms with E-state index in [0.717, 1.165) is 19.5 Å². The summed E-state index contributed by atoms with van der Waals surface area (Å²) in [5.41, 5.74) is 1.23. The number of likely N-dealkylation sites (N-methyl/N-ethyl adjacent to an activating group) is 1. The second-order valence-corrected chi connectivity index (χ2v) is 6.24. The lowest BCUT2D eigenvalue weighted by atomic mass is 10.1. The van der Waals surface area contributed by atoms with E-state index in [4.69, 9.17) is 0 Å². The lowest BCUT2D eigenvalue weighted by Gasteiger charge is -2.20. The lowest BCUT2D eigenvalue weighted by molar-refractivity contribution is -0.130. The SMILES string of the molecule is C[C@H](NC(=O)NC[C@@H]1CCN(c2ccccc2)C1)C(=O)N(C)C. The van der Waals surface area contributed by atoms with E-state index in [2.05, 4.69) is 27.7 Å². The third kappa shape index (κ3) is 4.87. The van der Waals surface area contributed by atoms with Crippen molar-refractivity contribution in [3.05, 3.63) is 30.3 Å². The molecule has 0 aliphatic carbocycles. The molecule has 1 heterocycles. The molecule has 2 atom stereocenters. The largest absolute Gasteiger partial charge is 0.371 e. The van der Waals surface area contributed by atoms with E-state index in [1.165, 1.54) is 10.6 Å². The number of nitrogens with zero attached hydrogens (tertiary/aromatic N) is 2. The average molecular weight is 318 g/mol. The monoisotopic (exact) mass is 318 g/mol. The van der Waals surface area contributed by atoms with Crippen molar-refractivity contribution < 1.29 is 9.59 Å². The zero-order valence-electron chi connectivity index (χ0n) is 14.1. The van der Waals surface area contributed by atoms with Gasteiger partial charge in [-0.05, 0) is 31.4 Å². The van der Waals surface area contributed by atoms with Gasteiger partial charge in [0.1, 0.15) is 6.04 Å². The van der Waals surface area contributed by atoms with Crippen molar-refractivity contribution >= 4 is 17.6 Å². The van der Waals surface area contributed by atoms with Gasteiger partial charge >= 0.3 is 6.03 Å². The molecule has 0 saturated carbocycles. The van der Waals surface area contributed by atoms with Gasteiger partial charge in [-0.3, -0.25) is 4.79 Å². The minimum Gasteiger partial charge on any atom is -0.371 e. The molecule has 6 nitrogen and oxygen atoms in total. The number of hydrogen-bond donors (Lipinski definition) is 2. The molecule has 1 aromatic rings. The molecule has 1 aliphatic rings. The maximum Gasteiger partial charge on any atom is 0.315 e. The summed E-state index contributed by atoms with van der Waals surface area (Å²) >= 11 is 0. The smallest absolute Gasteiger partial charge is 0.315 e. The first-order chi connectivity index (χ1) is 11.0. The highest BCUT2D eigenvalue weighted by Gasteiger charge is 2.23. The Hall–Kier alpha value is -2.24. The Labute approximate surface area is 137 Å². The summed E-state index contributed by atoms with van der Waals surface area (Å²) in [7, 11) is 3.35. The molecule has 1 saturated heterocycles. The van der Waals surface area contributed by atoms with E-state index in [-0.39, 0.29) is 11.9 Å². The Morgan fingerprint density at radius 2 is 2.00 bits per heavy atom. The van der Waals surface area contributed by atoms with Gasteiger partial charge in [0.15, 0.2) is 0 Å². The highest BCUT2D eigenvalue weighted by atomic mass is 16.2. The fourth-order valence-corrected chi connectivity index (χ4v) is 2.81. The summed E-state index contributed by atoms with van der Waals surface area (Å²) in [4.78, 5) is 27.4. The Morgan fingerprint density at radius 3 is 2.65 bits per heavy atom. The fourth-order valence-electron chi connectivity index (χ4n) is 2.81. The predicted molar refractivity (Wildman–Crippen MR) is 91.5 cm³/mol. The zero-order valence-corrected chi connectivity index (χ0v) is 14.1. The van der Waals surface area contributed by atoms with Crippen molar-refractivity contribution in [3.8, 4) is 0 Å². The first kappa shape index (κ1) is 17.1. The third-order valence-electron chi connectivity index (χ3n) is 4.12. The molecule has 0 unspecified atom stereocenters. The summed E-state index contributed by atoms with van der Waals surface area (Å²) in [6.07, 6.45) is 1.06. The number of benzene rings is 1. The van der Waals surface area contributed by atoms with Crippen LogP contribution in [-0.2, 0) is 4.79 Å². The number of nitrogens with one attached hydrogen (secondary N) is 2. The maximum absolute atomic E-state index is 11.9. The Balaban J connectivity index is 1.72. The Bertz CT molecular complexity index is 533. The van der Waals surface area contributed by atoms with Crippen LogP contribution in [0.5, 0.6) is 0 Å². The number of carbonyl (C=O) groups excluding carboxylic acids is 2. The standard InChI is InChI=1S/C17H26N4O2/c1-13(16(22)20(2)3)19-17(23)18-11-14-9-10-21(12-14)15-7-5-4-6-8-15/h4-8,13-14H,9-12H2,1-3H3,(H2,18,19,23)/t13-,14-/m0/s1. The topological polar surface area (TPSA) is 64.7 Å². The quantitative estimate of drug-likeness (QED) is 0.860. The Kier molecular flexibility index (Phi) is 5.84. The van der Waals surface area contributed by atoms with Crippen molar-refractivity contribution in [1.82, 2.24) is 15.5 Å². The summed E-state index contributed by atoms with van der Waals surface area (Å²) in [5, 5.41) is 5.55. The number of hydrogen-bond acceptors (Lipinski definition) is 3. The molecule has 126 valence electrons. The van der Waals surface area contributed by atoms with Crippen molar-refractivity contribution in [2.75, 3.05) is 38.6 Å². The van der Waals surface area contributed by atoms with E-state index in [1.54, 1.807) is 21.0 Å². The van der Waals surface area contributed by atoms with Gasteiger partial charge in [-0.25, -0.2) is 4.79 Å². The van der Waals surface area contributed by atoms with Crippen LogP contribution in [0.2, 0.25) is 0 Å². The molecule has 0 spiro atoms. The lowest BCUT2D eigenvalue weighted by Crippen LogP contribution is -2.48. The van der Waals surface area contributed by atoms with Crippen LogP contribution >= 0.6 is 0 Å². The molecule has 2 rings (SSSR count).